The van der Waals surface area contributed by atoms with Crippen molar-refractivity contribution in [3.63, 3.8) is 0 Å². The molecule has 1 N–H and O–H groups in total. The molecular formula is C21H28N6O2. The molecule has 0 fully saturated rings. The minimum atomic E-state index is -0.492. The molecule has 3 aromatic rings. The van der Waals surface area contributed by atoms with Crippen LogP contribution < -0.4 is 10.2 Å². The van der Waals surface area contributed by atoms with Gasteiger partial charge < -0.3 is 15.0 Å². The molecule has 0 atom stereocenters. The molecule has 0 unspecified atom stereocenters. The van der Waals surface area contributed by atoms with Gasteiger partial charge in [-0.3, -0.25) is 4.98 Å². The summed E-state index contributed by atoms with van der Waals surface area (Å²) < 4.78 is 7.11. The maximum atomic E-state index is 11.8. The van der Waals surface area contributed by atoms with Crippen molar-refractivity contribution in [2.45, 2.75) is 39.7 Å². The predicted molar refractivity (Wildman–Crippen MR) is 113 cm³/mol. The normalized spacial score (nSPS) is 11.5. The van der Waals surface area contributed by atoms with E-state index in [0.29, 0.717) is 6.54 Å². The van der Waals surface area contributed by atoms with E-state index in [1.165, 1.54) is 0 Å². The number of pyridine rings is 1. The van der Waals surface area contributed by atoms with E-state index < -0.39 is 11.7 Å². The van der Waals surface area contributed by atoms with Crippen molar-refractivity contribution in [3.8, 4) is 11.1 Å². The minimum absolute atomic E-state index is 0.392. The van der Waals surface area contributed by atoms with Crippen molar-refractivity contribution in [1.29, 1.82) is 0 Å². The summed E-state index contributed by atoms with van der Waals surface area (Å²) in [7, 11) is 2.01. The zero-order valence-electron chi connectivity index (χ0n) is 17.6. The molecule has 0 aliphatic heterocycles. The molecule has 8 nitrogen and oxygen atoms in total. The summed E-state index contributed by atoms with van der Waals surface area (Å²) in [6, 6.07) is 5.91. The van der Waals surface area contributed by atoms with Gasteiger partial charge in [0.1, 0.15) is 11.4 Å². The Morgan fingerprint density at radius 3 is 2.69 bits per heavy atom. The van der Waals surface area contributed by atoms with Crippen LogP contribution in [0.4, 0.5) is 10.6 Å². The SMILES string of the molecule is Cc1cc(N(C)CCCNC(=O)OC(C)(C)C)n2ncc(-c3ccncc3)c2n1. The number of hydrogen-bond acceptors (Lipinski definition) is 6. The van der Waals surface area contributed by atoms with Crippen molar-refractivity contribution in [2.24, 2.45) is 0 Å². The zero-order chi connectivity index (χ0) is 21.0. The monoisotopic (exact) mass is 396 g/mol. The molecular weight excluding hydrogens is 368 g/mol. The van der Waals surface area contributed by atoms with E-state index in [9.17, 15) is 4.79 Å². The van der Waals surface area contributed by atoms with Crippen molar-refractivity contribution < 1.29 is 9.53 Å². The Bertz CT molecular complexity index is 978. The van der Waals surface area contributed by atoms with Gasteiger partial charge in [-0.15, -0.1) is 0 Å². The van der Waals surface area contributed by atoms with Crippen LogP contribution in [0.2, 0.25) is 0 Å². The highest BCUT2D eigenvalue weighted by Crippen LogP contribution is 2.26. The highest BCUT2D eigenvalue weighted by atomic mass is 16.6. The number of amides is 1. The Kier molecular flexibility index (Phi) is 6.00. The second kappa shape index (κ2) is 8.46. The van der Waals surface area contributed by atoms with E-state index in [0.717, 1.165) is 41.3 Å². The fraction of sp³-hybridized carbons (Fsp3) is 0.429. The molecule has 0 bridgehead atoms. The molecule has 29 heavy (non-hydrogen) atoms. The summed E-state index contributed by atoms with van der Waals surface area (Å²) in [5.41, 5.74) is 3.24. The average Bonchev–Trinajstić information content (AvgIpc) is 3.07. The Morgan fingerprint density at radius 2 is 2.00 bits per heavy atom. The van der Waals surface area contributed by atoms with Crippen molar-refractivity contribution in [1.82, 2.24) is 24.9 Å². The molecule has 1 amide bonds. The summed E-state index contributed by atoms with van der Waals surface area (Å²) in [6.45, 7) is 8.81. The number of ether oxygens (including phenoxy) is 1. The number of aromatic nitrogens is 4. The molecule has 0 saturated carbocycles. The smallest absolute Gasteiger partial charge is 0.407 e. The fourth-order valence-electron chi connectivity index (χ4n) is 3.01. The lowest BCUT2D eigenvalue weighted by atomic mass is 10.1. The summed E-state index contributed by atoms with van der Waals surface area (Å²) >= 11 is 0. The molecule has 0 radical (unpaired) electrons. The number of aryl methyl sites for hydroxylation is 1. The molecule has 0 spiro atoms. The van der Waals surface area contributed by atoms with Crippen molar-refractivity contribution in [3.05, 3.63) is 42.5 Å². The van der Waals surface area contributed by atoms with E-state index in [1.807, 2.05) is 63.7 Å². The second-order valence-corrected chi connectivity index (χ2v) is 7.99. The van der Waals surface area contributed by atoms with Gasteiger partial charge in [-0.25, -0.2) is 9.78 Å². The molecule has 0 aliphatic carbocycles. The van der Waals surface area contributed by atoms with Gasteiger partial charge in [0.2, 0.25) is 0 Å². The van der Waals surface area contributed by atoms with Crippen LogP contribution in [0.15, 0.2) is 36.8 Å². The molecule has 0 aliphatic rings. The van der Waals surface area contributed by atoms with Gasteiger partial charge in [0, 0.05) is 49.9 Å². The maximum Gasteiger partial charge on any atom is 0.407 e. The average molecular weight is 396 g/mol. The molecule has 8 heteroatoms. The Hall–Kier alpha value is -3.16. The topological polar surface area (TPSA) is 84.7 Å². The summed E-state index contributed by atoms with van der Waals surface area (Å²) in [4.78, 5) is 22.6. The van der Waals surface area contributed by atoms with Crippen molar-refractivity contribution in [2.75, 3.05) is 25.0 Å². The van der Waals surface area contributed by atoms with Crippen LogP contribution in [0, 0.1) is 6.92 Å². The van der Waals surface area contributed by atoms with Crippen LogP contribution in [-0.2, 0) is 4.74 Å². The van der Waals surface area contributed by atoms with Crippen LogP contribution in [0.5, 0.6) is 0 Å². The van der Waals surface area contributed by atoms with Gasteiger partial charge in [-0.2, -0.15) is 9.61 Å². The van der Waals surface area contributed by atoms with E-state index in [-0.39, 0.29) is 0 Å². The molecule has 154 valence electrons. The lowest BCUT2D eigenvalue weighted by molar-refractivity contribution is 0.0527. The van der Waals surface area contributed by atoms with Gasteiger partial charge in [0.25, 0.3) is 0 Å². The first-order valence-electron chi connectivity index (χ1n) is 9.68. The minimum Gasteiger partial charge on any atom is -0.444 e. The van der Waals surface area contributed by atoms with E-state index in [1.54, 1.807) is 12.4 Å². The quantitative estimate of drug-likeness (QED) is 0.643. The van der Waals surface area contributed by atoms with Crippen molar-refractivity contribution >= 4 is 17.6 Å². The number of alkyl carbamates (subject to hydrolysis) is 1. The Balaban J connectivity index is 1.69. The van der Waals surface area contributed by atoms with Crippen LogP contribution in [0.1, 0.15) is 32.9 Å². The first-order valence-corrected chi connectivity index (χ1v) is 9.68. The molecule has 0 saturated heterocycles. The number of carbonyl (C=O) groups is 1. The maximum absolute atomic E-state index is 11.8. The number of nitrogens with one attached hydrogen (secondary N) is 1. The number of fused-ring (bicyclic) bond motifs is 1. The summed E-state index contributed by atoms with van der Waals surface area (Å²) in [5, 5.41) is 7.35. The lowest BCUT2D eigenvalue weighted by Crippen LogP contribution is -2.34. The number of hydrogen-bond donors (Lipinski definition) is 1. The van der Waals surface area contributed by atoms with Crippen LogP contribution >= 0.6 is 0 Å². The summed E-state index contributed by atoms with van der Waals surface area (Å²) in [5.74, 6) is 0.949. The first kappa shape index (κ1) is 20.6. The van der Waals surface area contributed by atoms with E-state index in [2.05, 4.69) is 25.3 Å². The third kappa shape index (κ3) is 5.22. The Labute approximate surface area is 170 Å². The van der Waals surface area contributed by atoms with Gasteiger partial charge in [0.15, 0.2) is 5.65 Å². The third-order valence-corrected chi connectivity index (χ3v) is 4.30. The first-order chi connectivity index (χ1) is 13.7. The molecule has 3 aromatic heterocycles. The van der Waals surface area contributed by atoms with Gasteiger partial charge in [-0.1, -0.05) is 0 Å². The second-order valence-electron chi connectivity index (χ2n) is 7.99. The highest BCUT2D eigenvalue weighted by molar-refractivity contribution is 5.78. The van der Waals surface area contributed by atoms with Gasteiger partial charge in [-0.05, 0) is 51.8 Å². The number of anilines is 1. The largest absolute Gasteiger partial charge is 0.444 e. The predicted octanol–water partition coefficient (Wildman–Crippen LogP) is 3.45. The standard InChI is InChI=1S/C21H28N6O2/c1-15-13-18(26(5)12-6-9-23-20(28)29-21(2,3)4)27-19(25-15)17(14-24-27)16-7-10-22-11-8-16/h7-8,10-11,13-14H,6,9,12H2,1-5H3,(H,23,28). The van der Waals surface area contributed by atoms with Gasteiger partial charge >= 0.3 is 6.09 Å². The number of rotatable bonds is 6. The van der Waals surface area contributed by atoms with E-state index >= 15 is 0 Å². The number of nitrogens with zero attached hydrogens (tertiary/aromatic N) is 5. The molecule has 3 heterocycles. The Morgan fingerprint density at radius 1 is 1.28 bits per heavy atom. The van der Waals surface area contributed by atoms with Gasteiger partial charge in [0.05, 0.1) is 6.20 Å². The van der Waals surface area contributed by atoms with Crippen LogP contribution in [-0.4, -0.2) is 51.4 Å². The summed E-state index contributed by atoms with van der Waals surface area (Å²) in [6.07, 6.45) is 5.74. The zero-order valence-corrected chi connectivity index (χ0v) is 17.6. The van der Waals surface area contributed by atoms with E-state index in [4.69, 9.17) is 4.74 Å². The number of carbonyl (C=O) groups excluding carboxylic acids is 1. The van der Waals surface area contributed by atoms with Crippen LogP contribution in [0.3, 0.4) is 0 Å². The fourth-order valence-corrected chi connectivity index (χ4v) is 3.01. The highest BCUT2D eigenvalue weighted by Gasteiger charge is 2.16. The van der Waals surface area contributed by atoms with Crippen LogP contribution in [0.25, 0.3) is 16.8 Å². The third-order valence-electron chi connectivity index (χ3n) is 4.30. The molecule has 3 rings (SSSR count). The lowest BCUT2D eigenvalue weighted by Gasteiger charge is -2.22. The molecule has 0 aromatic carbocycles.